The number of para-hydroxylation sites is 1. The van der Waals surface area contributed by atoms with Crippen molar-refractivity contribution in [2.75, 3.05) is 24.6 Å². The van der Waals surface area contributed by atoms with Gasteiger partial charge >= 0.3 is 12.0 Å². The van der Waals surface area contributed by atoms with E-state index >= 15 is 4.79 Å². The number of amides is 10. The molecule has 2 aromatic heterocycles. The van der Waals surface area contributed by atoms with Crippen LogP contribution in [0.2, 0.25) is 0 Å². The number of carboxylic acid groups (broad SMARTS) is 1. The Bertz CT molecular complexity index is 3310. The van der Waals surface area contributed by atoms with Crippen molar-refractivity contribution in [3.8, 4) is 0 Å². The number of aromatic nitrogens is 3. The average molecular weight is 1220 g/mol. The van der Waals surface area contributed by atoms with E-state index in [1.54, 1.807) is 18.3 Å². The van der Waals surface area contributed by atoms with Gasteiger partial charge in [-0.25, -0.2) is 9.78 Å². The van der Waals surface area contributed by atoms with E-state index in [9.17, 15) is 53.1 Å². The predicted molar refractivity (Wildman–Crippen MR) is 321 cm³/mol. The summed E-state index contributed by atoms with van der Waals surface area (Å²) in [5, 5.41) is 43.9. The van der Waals surface area contributed by atoms with Gasteiger partial charge in [0.2, 0.25) is 41.4 Å². The number of carboxylic acids is 1. The van der Waals surface area contributed by atoms with Crippen LogP contribution in [0.4, 0.5) is 4.79 Å². The number of fused-ring (bicyclic) bond motifs is 2. The van der Waals surface area contributed by atoms with E-state index in [1.807, 2.05) is 61.5 Å². The Hall–Kier alpha value is -8.99. The lowest BCUT2D eigenvalue weighted by atomic mass is 9.99. The van der Waals surface area contributed by atoms with Crippen LogP contribution in [0.1, 0.15) is 75.6 Å². The average Bonchev–Trinajstić information content (AvgIpc) is 3.03. The molecule has 7 rings (SSSR count). The smallest absolute Gasteiger partial charge is 0.325 e. The summed E-state index contributed by atoms with van der Waals surface area (Å²) < 4.78 is 0. The van der Waals surface area contributed by atoms with E-state index < -0.39 is 133 Å². The molecule has 86 heavy (non-hydrogen) atoms. The van der Waals surface area contributed by atoms with Crippen LogP contribution in [-0.4, -0.2) is 169 Å². The number of nitrogens with two attached hydrogens (primary N) is 1. The second-order valence-corrected chi connectivity index (χ2v) is 23.4. The summed E-state index contributed by atoms with van der Waals surface area (Å²) in [4.78, 5) is 165. The number of aromatic amines is 2. The summed E-state index contributed by atoms with van der Waals surface area (Å²) >= 11 is 0. The maximum absolute atomic E-state index is 15.0. The Morgan fingerprint density at radius 1 is 0.698 bits per heavy atom. The van der Waals surface area contributed by atoms with E-state index in [2.05, 4.69) is 62.8 Å². The first-order chi connectivity index (χ1) is 41.3. The maximum atomic E-state index is 15.0. The first kappa shape index (κ1) is 64.6. The van der Waals surface area contributed by atoms with Crippen molar-refractivity contribution in [1.82, 2.24) is 67.7 Å². The highest BCUT2D eigenvalue weighted by molar-refractivity contribution is 8.76. The summed E-state index contributed by atoms with van der Waals surface area (Å²) in [6.07, 6.45) is 4.35. The number of hydrogen-bond acceptors (Lipinski definition) is 15. The number of carbonyl (C=O) groups excluding carboxylic acids is 10. The van der Waals surface area contributed by atoms with Crippen LogP contribution in [0.25, 0.3) is 21.7 Å². The Morgan fingerprint density at radius 2 is 1.31 bits per heavy atom. The molecule has 27 nitrogen and oxygen atoms in total. The molecule has 0 bridgehead atoms. The predicted octanol–water partition coefficient (Wildman–Crippen LogP) is 0.688. The molecule has 5 aromatic rings. The minimum atomic E-state index is -1.69. The summed E-state index contributed by atoms with van der Waals surface area (Å²) in [6, 6.07) is 8.07. The van der Waals surface area contributed by atoms with Crippen molar-refractivity contribution in [2.24, 2.45) is 5.73 Å². The Balaban J connectivity index is 1.27. The Labute approximate surface area is 502 Å². The number of Topliss-reactive ketones (excluding diaryl/α,β-unsaturated/α-hetero) is 1. The van der Waals surface area contributed by atoms with E-state index in [-0.39, 0.29) is 56.1 Å². The largest absolute Gasteiger partial charge is 0.481 e. The molecule has 0 unspecified atom stereocenters. The van der Waals surface area contributed by atoms with Crippen LogP contribution in [0, 0.1) is 5.41 Å². The second kappa shape index (κ2) is 31.2. The number of nitrogens with zero attached hydrogens (tertiary/aromatic N) is 2. The van der Waals surface area contributed by atoms with Gasteiger partial charge in [0.25, 0.3) is 5.91 Å². The minimum absolute atomic E-state index is 0.0888. The molecule has 458 valence electrons. The van der Waals surface area contributed by atoms with Gasteiger partial charge in [-0.2, -0.15) is 0 Å². The standard InChI is InChI=1S/C57H71N15O12S2/c1-3-4-13-41-55(83)72(57(84)71-41)27-47(74)64-46-29-86-85-28-45(31(2)73)70-52(80)43(23-35-25-62-38-14-8-7-12-37(35)38)68-49(77)39(15-9-20-61-56(58)59)65-51(79)42(22-32-16-17-33-10-5-6-11-34(33)21-32)67-53(81)44(24-36-26-60-30-63-36)69-50(78)40(66-54(46)82)18-19-48(75)76/h5-8,10-12,14,16-17,21,25-26,30,39-46,62H,3-4,9,13,15,18-20,22-24,27-29H2,1-2H3,(H,60,63)(H,64,74)(H,65,79)(H,66,82)(H,67,81)(H,68,77)(H,69,78)(H,70,80)(H,71,84)(H,75,76)(H4,58,59,61)/t39-,40-,41-,42+,43-,44-,45-,46-/m0/s1. The fourth-order valence-electron chi connectivity index (χ4n) is 9.72. The monoisotopic (exact) mass is 1220 g/mol. The van der Waals surface area contributed by atoms with Crippen molar-refractivity contribution < 1.29 is 57.8 Å². The molecule has 2 saturated heterocycles. The SMILES string of the molecule is CCCC[C@@H]1NC(=O)N(CC(=O)N[C@H]2CSSC[C@@H](C(C)=O)NC(=O)[C@H](Cc3c[nH]c4ccccc34)NC(=O)[C@H](CCCNC(=N)N)NC(=O)[C@@H](Cc3ccc4ccccc4c3)NC(=O)[C@H](Cc3cnc[nH]3)NC(=O)[C@H](CCC(=O)O)NC2=O)C1=O. The number of imidazole rings is 1. The molecule has 3 aromatic carbocycles. The van der Waals surface area contributed by atoms with Gasteiger partial charge in [-0.15, -0.1) is 0 Å². The fourth-order valence-corrected chi connectivity index (χ4v) is 12.1. The summed E-state index contributed by atoms with van der Waals surface area (Å²) in [6.45, 7) is 2.44. The van der Waals surface area contributed by atoms with E-state index in [0.29, 0.717) is 34.6 Å². The van der Waals surface area contributed by atoms with E-state index in [0.717, 1.165) is 49.7 Å². The van der Waals surface area contributed by atoms with Crippen molar-refractivity contribution in [2.45, 2.75) is 126 Å². The number of carbonyl (C=O) groups is 11. The molecule has 2 aliphatic heterocycles. The number of imide groups is 1. The summed E-state index contributed by atoms with van der Waals surface area (Å²) in [5.74, 6) is -9.72. The zero-order chi connectivity index (χ0) is 61.9. The fraction of sp³-hybridized carbons (Fsp3) is 0.421. The van der Waals surface area contributed by atoms with Crippen LogP contribution < -0.4 is 53.6 Å². The number of unbranched alkanes of at least 4 members (excludes halogenated alkanes) is 1. The van der Waals surface area contributed by atoms with Gasteiger partial charge in [0.05, 0.1) is 12.4 Å². The number of rotatable bonds is 20. The van der Waals surface area contributed by atoms with Gasteiger partial charge in [-0.05, 0) is 60.6 Å². The van der Waals surface area contributed by atoms with E-state index in [1.165, 1.54) is 19.4 Å². The quantitative estimate of drug-likeness (QED) is 0.0168. The Kier molecular flexibility index (Phi) is 23.5. The Morgan fingerprint density at radius 3 is 2.00 bits per heavy atom. The molecular weight excluding hydrogens is 1150 g/mol. The second-order valence-electron chi connectivity index (χ2n) is 20.9. The third-order valence-corrected chi connectivity index (χ3v) is 16.8. The molecule has 0 aliphatic carbocycles. The number of hydrogen-bond donors (Lipinski definition) is 14. The van der Waals surface area contributed by atoms with Crippen LogP contribution in [0.3, 0.4) is 0 Å². The summed E-state index contributed by atoms with van der Waals surface area (Å²) in [5.41, 5.74) is 7.82. The van der Waals surface area contributed by atoms with Crippen molar-refractivity contribution in [3.05, 3.63) is 102 Å². The molecule has 0 saturated carbocycles. The number of aliphatic carboxylic acids is 1. The molecule has 29 heteroatoms. The van der Waals surface area contributed by atoms with Crippen LogP contribution in [0.15, 0.2) is 85.5 Å². The van der Waals surface area contributed by atoms with E-state index in [4.69, 9.17) is 11.1 Å². The lowest BCUT2D eigenvalue weighted by molar-refractivity contribution is -0.138. The van der Waals surface area contributed by atoms with Gasteiger partial charge in [0.15, 0.2) is 11.7 Å². The minimum Gasteiger partial charge on any atom is -0.481 e. The van der Waals surface area contributed by atoms with Crippen molar-refractivity contribution in [3.63, 3.8) is 0 Å². The zero-order valence-electron chi connectivity index (χ0n) is 47.3. The summed E-state index contributed by atoms with van der Waals surface area (Å²) in [7, 11) is 1.97. The van der Waals surface area contributed by atoms with Gasteiger partial charge in [0, 0.05) is 72.7 Å². The molecule has 10 amide bonds. The highest BCUT2D eigenvalue weighted by atomic mass is 33.1. The maximum Gasteiger partial charge on any atom is 0.325 e. The van der Waals surface area contributed by atoms with Gasteiger partial charge in [-0.3, -0.25) is 58.3 Å². The van der Waals surface area contributed by atoms with Gasteiger partial charge < -0.3 is 68.7 Å². The zero-order valence-corrected chi connectivity index (χ0v) is 49.0. The molecule has 8 atom stereocenters. The van der Waals surface area contributed by atoms with Crippen molar-refractivity contribution >= 4 is 114 Å². The number of urea groups is 1. The molecule has 15 N–H and O–H groups in total. The van der Waals surface area contributed by atoms with Crippen LogP contribution in [0.5, 0.6) is 0 Å². The normalized spacial score (nSPS) is 22.4. The van der Waals surface area contributed by atoms with Crippen LogP contribution in [-0.2, 0) is 67.2 Å². The first-order valence-corrected chi connectivity index (χ1v) is 30.5. The third-order valence-electron chi connectivity index (χ3n) is 14.4. The highest BCUT2D eigenvalue weighted by Crippen LogP contribution is 2.25. The number of ketones is 1. The molecule has 4 heterocycles. The van der Waals surface area contributed by atoms with Crippen molar-refractivity contribution in [1.29, 1.82) is 5.41 Å². The number of nitrogens with one attached hydrogen (secondary N) is 12. The lowest BCUT2D eigenvalue weighted by Gasteiger charge is -2.28. The highest BCUT2D eigenvalue weighted by Gasteiger charge is 2.40. The molecule has 0 spiro atoms. The van der Waals surface area contributed by atoms with Gasteiger partial charge in [0.1, 0.15) is 48.8 Å². The molecular formula is C57H71N15O12S2. The molecule has 2 aliphatic rings. The first-order valence-electron chi connectivity index (χ1n) is 28.0. The van der Waals surface area contributed by atoms with Crippen LogP contribution >= 0.6 is 21.6 Å². The lowest BCUT2D eigenvalue weighted by Crippen LogP contribution is -2.61. The number of H-pyrrole nitrogens is 2. The van der Waals surface area contributed by atoms with Gasteiger partial charge in [-0.1, -0.05) is 102 Å². The number of guanidine groups is 1. The molecule has 0 radical (unpaired) electrons. The third kappa shape index (κ3) is 18.5. The molecule has 2 fully saturated rings. The number of benzene rings is 3. The topological polar surface area (TPSA) is 414 Å².